The van der Waals surface area contributed by atoms with Crippen LogP contribution in [-0.4, -0.2) is 23.1 Å². The van der Waals surface area contributed by atoms with Crippen molar-refractivity contribution >= 4 is 23.1 Å². The number of hydrogen-bond acceptors (Lipinski definition) is 0. The van der Waals surface area contributed by atoms with Gasteiger partial charge in [0.15, 0.2) is 0 Å². The molecule has 0 spiro atoms. The summed E-state index contributed by atoms with van der Waals surface area (Å²) in [5, 5.41) is 0. The Labute approximate surface area is 111 Å². The van der Waals surface area contributed by atoms with E-state index in [0.717, 1.165) is 6.42 Å². The molecule has 0 amide bonds. The first kappa shape index (κ1) is 19.8. The molecule has 0 saturated heterocycles. The molecule has 76 valence electrons. The third-order valence-electron chi connectivity index (χ3n) is 2.10. The molecule has 0 fully saturated rings. The van der Waals surface area contributed by atoms with Gasteiger partial charge in [0.05, 0.1) is 0 Å². The molecule has 0 saturated carbocycles. The predicted molar refractivity (Wildman–Crippen MR) is 58.3 cm³/mol. The van der Waals surface area contributed by atoms with Gasteiger partial charge in [-0.3, -0.25) is 0 Å². The summed E-state index contributed by atoms with van der Waals surface area (Å²) in [6.07, 6.45) is 12.4. The Bertz CT molecular complexity index is 59.1. The second-order valence-corrected chi connectivity index (χ2v) is 3.33. The van der Waals surface area contributed by atoms with Gasteiger partial charge in [0.2, 0.25) is 0 Å². The minimum absolute atomic E-state index is 0. The van der Waals surface area contributed by atoms with Crippen molar-refractivity contribution in [1.29, 1.82) is 0 Å². The molecule has 0 radical (unpaired) electrons. The standard InChI is InChI=1S/C11H23.BrH.Mg/c1-3-5-7-9-11-10-8-6-4-2;;/h1,3-11H2,2H3;1H;/q-1;;+2/p-1. The van der Waals surface area contributed by atoms with E-state index in [2.05, 4.69) is 13.8 Å². The van der Waals surface area contributed by atoms with Crippen molar-refractivity contribution in [2.24, 2.45) is 0 Å². The van der Waals surface area contributed by atoms with Gasteiger partial charge in [-0.2, -0.15) is 6.42 Å². The second kappa shape index (κ2) is 18.9. The molecule has 0 heterocycles. The quantitative estimate of drug-likeness (QED) is 0.346. The Hall–Kier alpha value is 1.25. The first-order valence-corrected chi connectivity index (χ1v) is 5.21. The maximum Gasteiger partial charge on any atom is 2.00 e. The molecule has 2 heteroatoms. The van der Waals surface area contributed by atoms with Crippen LogP contribution in [0.25, 0.3) is 0 Å². The van der Waals surface area contributed by atoms with Crippen LogP contribution in [0.15, 0.2) is 0 Å². The molecule has 0 N–H and O–H groups in total. The van der Waals surface area contributed by atoms with Crippen LogP contribution in [-0.2, 0) is 0 Å². The second-order valence-electron chi connectivity index (χ2n) is 3.33. The van der Waals surface area contributed by atoms with E-state index in [1.54, 1.807) is 0 Å². The van der Waals surface area contributed by atoms with Crippen molar-refractivity contribution in [1.82, 2.24) is 0 Å². The third-order valence-corrected chi connectivity index (χ3v) is 2.10. The zero-order valence-electron chi connectivity index (χ0n) is 9.16. The Balaban J connectivity index is -0.000000500. The molecular weight excluding hydrogens is 236 g/mol. The average molecular weight is 260 g/mol. The fourth-order valence-electron chi connectivity index (χ4n) is 1.31. The molecule has 0 bridgehead atoms. The Morgan fingerprint density at radius 1 is 0.769 bits per heavy atom. The van der Waals surface area contributed by atoms with Crippen LogP contribution in [0.3, 0.4) is 0 Å². The van der Waals surface area contributed by atoms with Gasteiger partial charge in [-0.1, -0.05) is 58.3 Å². The van der Waals surface area contributed by atoms with E-state index in [1.807, 2.05) is 0 Å². The first-order chi connectivity index (χ1) is 5.41. The maximum atomic E-state index is 3.83. The van der Waals surface area contributed by atoms with Crippen molar-refractivity contribution in [3.8, 4) is 0 Å². The normalized spacial score (nSPS) is 8.77. The zero-order valence-corrected chi connectivity index (χ0v) is 12.2. The Morgan fingerprint density at radius 2 is 1.15 bits per heavy atom. The first-order valence-electron chi connectivity index (χ1n) is 5.21. The molecule has 0 nitrogen and oxygen atoms in total. The molecule has 0 rings (SSSR count). The third kappa shape index (κ3) is 19.6. The van der Waals surface area contributed by atoms with Crippen molar-refractivity contribution < 1.29 is 17.0 Å². The van der Waals surface area contributed by atoms with Crippen LogP contribution in [0.4, 0.5) is 0 Å². The van der Waals surface area contributed by atoms with Gasteiger partial charge >= 0.3 is 23.1 Å². The molecule has 0 aromatic rings. The van der Waals surface area contributed by atoms with Crippen LogP contribution in [0.5, 0.6) is 0 Å². The summed E-state index contributed by atoms with van der Waals surface area (Å²) < 4.78 is 0. The number of halogens is 1. The van der Waals surface area contributed by atoms with Gasteiger partial charge in [0.1, 0.15) is 0 Å². The number of unbranched alkanes of at least 4 members (excludes halogenated alkanes) is 8. The monoisotopic (exact) mass is 258 g/mol. The molecule has 0 aliphatic carbocycles. The summed E-state index contributed by atoms with van der Waals surface area (Å²) in [6.45, 7) is 6.10. The molecule has 0 aliphatic heterocycles. The molecule has 0 atom stereocenters. The van der Waals surface area contributed by atoms with E-state index >= 15 is 0 Å². The SMILES string of the molecule is [Br-].[CH2-]CCCCCCCCCC.[Mg+2]. The van der Waals surface area contributed by atoms with Gasteiger partial charge < -0.3 is 23.9 Å². The largest absolute Gasteiger partial charge is 2.00 e. The minimum Gasteiger partial charge on any atom is -1.00 e. The fraction of sp³-hybridized carbons (Fsp3) is 0.909. The average Bonchev–Trinajstić information content (AvgIpc) is 2.03. The topological polar surface area (TPSA) is 0 Å². The molecular formula is C11H23BrMg. The molecule has 13 heavy (non-hydrogen) atoms. The van der Waals surface area contributed by atoms with Gasteiger partial charge in [-0.25, -0.2) is 0 Å². The number of rotatable bonds is 8. The van der Waals surface area contributed by atoms with E-state index in [4.69, 9.17) is 0 Å². The van der Waals surface area contributed by atoms with Crippen molar-refractivity contribution in [3.63, 3.8) is 0 Å². The Kier molecular flexibility index (Phi) is 28.8. The molecule has 0 aliphatic rings. The van der Waals surface area contributed by atoms with Crippen LogP contribution < -0.4 is 17.0 Å². The molecule has 0 aromatic carbocycles. The van der Waals surface area contributed by atoms with Crippen molar-refractivity contribution in [2.75, 3.05) is 0 Å². The van der Waals surface area contributed by atoms with Crippen molar-refractivity contribution in [3.05, 3.63) is 6.92 Å². The molecule has 0 aromatic heterocycles. The minimum atomic E-state index is 0. The van der Waals surface area contributed by atoms with Gasteiger partial charge in [0, 0.05) is 0 Å². The summed E-state index contributed by atoms with van der Waals surface area (Å²) >= 11 is 0. The maximum absolute atomic E-state index is 3.83. The Morgan fingerprint density at radius 3 is 1.54 bits per heavy atom. The van der Waals surface area contributed by atoms with Gasteiger partial charge in [-0.15, -0.1) is 0 Å². The van der Waals surface area contributed by atoms with Gasteiger partial charge in [0.25, 0.3) is 0 Å². The van der Waals surface area contributed by atoms with E-state index in [1.165, 1.54) is 51.4 Å². The van der Waals surface area contributed by atoms with Crippen LogP contribution in [0.1, 0.15) is 64.7 Å². The summed E-state index contributed by atoms with van der Waals surface area (Å²) in [7, 11) is 0. The van der Waals surface area contributed by atoms with Gasteiger partial charge in [-0.05, 0) is 0 Å². The van der Waals surface area contributed by atoms with E-state index in [-0.39, 0.29) is 40.0 Å². The summed E-state index contributed by atoms with van der Waals surface area (Å²) in [5.41, 5.74) is 0. The summed E-state index contributed by atoms with van der Waals surface area (Å²) in [4.78, 5) is 0. The van der Waals surface area contributed by atoms with E-state index in [0.29, 0.717) is 0 Å². The zero-order chi connectivity index (χ0) is 8.36. The smallest absolute Gasteiger partial charge is 1.00 e. The van der Waals surface area contributed by atoms with E-state index in [9.17, 15) is 0 Å². The molecule has 0 unspecified atom stereocenters. The van der Waals surface area contributed by atoms with Crippen LogP contribution in [0, 0.1) is 6.92 Å². The van der Waals surface area contributed by atoms with Crippen LogP contribution in [0.2, 0.25) is 0 Å². The summed E-state index contributed by atoms with van der Waals surface area (Å²) in [5.74, 6) is 0. The van der Waals surface area contributed by atoms with Crippen molar-refractivity contribution in [2.45, 2.75) is 64.7 Å². The summed E-state index contributed by atoms with van der Waals surface area (Å²) in [6, 6.07) is 0. The fourth-order valence-corrected chi connectivity index (χ4v) is 1.31. The van der Waals surface area contributed by atoms with Crippen LogP contribution >= 0.6 is 0 Å². The predicted octanol–water partition coefficient (Wildman–Crippen LogP) is 0.974. The number of hydrogen-bond donors (Lipinski definition) is 0. The van der Waals surface area contributed by atoms with E-state index < -0.39 is 0 Å².